The highest BCUT2D eigenvalue weighted by molar-refractivity contribution is 6.14. The molecule has 0 bridgehead atoms. The molecule has 6 nitrogen and oxygen atoms in total. The van der Waals surface area contributed by atoms with Gasteiger partial charge in [0.05, 0.1) is 13.2 Å². The molecule has 3 atom stereocenters. The summed E-state index contributed by atoms with van der Waals surface area (Å²) in [4.78, 5) is 1.76. The van der Waals surface area contributed by atoms with E-state index in [4.69, 9.17) is 25.4 Å². The van der Waals surface area contributed by atoms with Gasteiger partial charge in [-0.2, -0.15) is 0 Å². The number of nitrogens with one attached hydrogen (secondary N) is 1. The van der Waals surface area contributed by atoms with Gasteiger partial charge in [0.15, 0.2) is 5.96 Å². The molecule has 0 radical (unpaired) electrons. The second-order valence-corrected chi connectivity index (χ2v) is 4.11. The van der Waals surface area contributed by atoms with Crippen molar-refractivity contribution >= 4 is 13.8 Å². The van der Waals surface area contributed by atoms with Crippen molar-refractivity contribution in [2.24, 2.45) is 5.73 Å². The lowest BCUT2D eigenvalue weighted by molar-refractivity contribution is -0.122. The van der Waals surface area contributed by atoms with Crippen molar-refractivity contribution in [3.63, 3.8) is 0 Å². The SMILES string of the molecule is BC1[C@@H](OC)C(COC)(OC)CN1C(=N)N. The lowest BCUT2D eigenvalue weighted by Gasteiger charge is -2.32. The van der Waals surface area contributed by atoms with Gasteiger partial charge < -0.3 is 24.8 Å². The lowest BCUT2D eigenvalue weighted by atomic mass is 9.85. The number of methoxy groups -OCH3 is 3. The maximum Gasteiger partial charge on any atom is 0.188 e. The van der Waals surface area contributed by atoms with Gasteiger partial charge in [-0.1, -0.05) is 0 Å². The van der Waals surface area contributed by atoms with Crippen molar-refractivity contribution in [3.8, 4) is 0 Å². The second-order valence-electron chi connectivity index (χ2n) is 4.11. The van der Waals surface area contributed by atoms with Crippen LogP contribution in [0.3, 0.4) is 0 Å². The first kappa shape index (κ1) is 13.3. The van der Waals surface area contributed by atoms with Crippen molar-refractivity contribution in [3.05, 3.63) is 0 Å². The molecular formula is C9H20BN3O3. The first-order chi connectivity index (χ1) is 7.52. The molecule has 0 aromatic carbocycles. The first-order valence-corrected chi connectivity index (χ1v) is 5.20. The van der Waals surface area contributed by atoms with Gasteiger partial charge in [-0.15, -0.1) is 0 Å². The molecule has 1 aliphatic heterocycles. The van der Waals surface area contributed by atoms with E-state index in [2.05, 4.69) is 0 Å². The van der Waals surface area contributed by atoms with E-state index in [0.29, 0.717) is 13.2 Å². The van der Waals surface area contributed by atoms with Gasteiger partial charge >= 0.3 is 0 Å². The molecule has 1 fully saturated rings. The molecule has 92 valence electrons. The van der Waals surface area contributed by atoms with Crippen LogP contribution in [0.5, 0.6) is 0 Å². The van der Waals surface area contributed by atoms with Gasteiger partial charge in [-0.3, -0.25) is 5.41 Å². The molecule has 0 amide bonds. The van der Waals surface area contributed by atoms with Gasteiger partial charge in [-0.05, 0) is 0 Å². The first-order valence-electron chi connectivity index (χ1n) is 5.20. The molecule has 7 heteroatoms. The summed E-state index contributed by atoms with van der Waals surface area (Å²) in [6.07, 6.45) is -0.165. The van der Waals surface area contributed by atoms with Crippen LogP contribution in [0.15, 0.2) is 0 Å². The molecule has 1 saturated heterocycles. The average Bonchev–Trinajstić information content (AvgIpc) is 2.53. The summed E-state index contributed by atoms with van der Waals surface area (Å²) in [5, 5.41) is 7.52. The second kappa shape index (κ2) is 5.03. The molecule has 1 heterocycles. The molecule has 1 rings (SSSR count). The smallest absolute Gasteiger partial charge is 0.188 e. The van der Waals surface area contributed by atoms with Crippen LogP contribution >= 0.6 is 0 Å². The Bertz CT molecular complexity index is 266. The molecule has 0 saturated carbocycles. The van der Waals surface area contributed by atoms with Gasteiger partial charge in [0, 0.05) is 27.3 Å². The topological polar surface area (TPSA) is 80.8 Å². The normalized spacial score (nSPS) is 34.3. The Kier molecular flexibility index (Phi) is 4.18. The third-order valence-electron chi connectivity index (χ3n) is 3.24. The highest BCUT2D eigenvalue weighted by Gasteiger charge is 2.52. The van der Waals surface area contributed by atoms with E-state index in [0.717, 1.165) is 0 Å². The van der Waals surface area contributed by atoms with Gasteiger partial charge in [-0.25, -0.2) is 0 Å². The average molecular weight is 229 g/mol. The number of guanidine groups is 1. The minimum absolute atomic E-state index is 0.00222. The molecular weight excluding hydrogens is 209 g/mol. The maximum atomic E-state index is 7.52. The molecule has 1 aliphatic rings. The summed E-state index contributed by atoms with van der Waals surface area (Å²) in [5.41, 5.74) is 4.97. The number of nitrogens with two attached hydrogens (primary N) is 1. The van der Waals surface area contributed by atoms with E-state index in [1.54, 1.807) is 26.2 Å². The van der Waals surface area contributed by atoms with Crippen LogP contribution in [0.2, 0.25) is 0 Å². The molecule has 0 aromatic heterocycles. The van der Waals surface area contributed by atoms with Crippen LogP contribution in [0, 0.1) is 5.41 Å². The third-order valence-corrected chi connectivity index (χ3v) is 3.24. The van der Waals surface area contributed by atoms with Crippen molar-refractivity contribution in [2.75, 3.05) is 34.5 Å². The van der Waals surface area contributed by atoms with Gasteiger partial charge in [0.25, 0.3) is 0 Å². The Morgan fingerprint density at radius 1 is 1.56 bits per heavy atom. The van der Waals surface area contributed by atoms with Crippen LogP contribution in [0.1, 0.15) is 0 Å². The van der Waals surface area contributed by atoms with Crippen LogP contribution in [0.25, 0.3) is 0 Å². The van der Waals surface area contributed by atoms with E-state index in [9.17, 15) is 0 Å². The number of nitrogens with zero attached hydrogens (tertiary/aromatic N) is 1. The minimum atomic E-state index is -0.561. The van der Waals surface area contributed by atoms with E-state index in [1.165, 1.54) is 0 Å². The zero-order valence-electron chi connectivity index (χ0n) is 10.3. The monoisotopic (exact) mass is 229 g/mol. The fraction of sp³-hybridized carbons (Fsp3) is 0.889. The number of rotatable bonds is 4. The Morgan fingerprint density at radius 2 is 2.19 bits per heavy atom. The summed E-state index contributed by atoms with van der Waals surface area (Å²) in [7, 11) is 6.84. The Morgan fingerprint density at radius 3 is 2.56 bits per heavy atom. The largest absolute Gasteiger partial charge is 0.382 e. The predicted octanol–water partition coefficient (Wildman–Crippen LogP) is -1.80. The predicted molar refractivity (Wildman–Crippen MR) is 63.4 cm³/mol. The fourth-order valence-electron chi connectivity index (χ4n) is 2.45. The maximum absolute atomic E-state index is 7.52. The molecule has 16 heavy (non-hydrogen) atoms. The fourth-order valence-corrected chi connectivity index (χ4v) is 2.45. The van der Waals surface area contributed by atoms with Gasteiger partial charge in [0.2, 0.25) is 0 Å². The van der Waals surface area contributed by atoms with Crippen molar-refractivity contribution in [1.29, 1.82) is 5.41 Å². The standard InChI is InChI=1S/C9H20BN3O3/c1-14-5-9(16-3)4-13(8(11)12)7(10)6(9)15-2/h6-7H,4-5,10H2,1-3H3,(H3,11,12)/t6-,7?,9?/m1/s1. The lowest BCUT2D eigenvalue weighted by Crippen LogP contribution is -2.50. The van der Waals surface area contributed by atoms with E-state index < -0.39 is 5.60 Å². The van der Waals surface area contributed by atoms with Crippen molar-refractivity contribution < 1.29 is 14.2 Å². The Hall–Kier alpha value is -0.785. The van der Waals surface area contributed by atoms with Crippen molar-refractivity contribution in [1.82, 2.24) is 4.90 Å². The molecule has 0 spiro atoms. The van der Waals surface area contributed by atoms with E-state index in [1.807, 2.05) is 7.85 Å². The summed E-state index contributed by atoms with van der Waals surface area (Å²) >= 11 is 0. The zero-order valence-corrected chi connectivity index (χ0v) is 10.3. The highest BCUT2D eigenvalue weighted by atomic mass is 16.6. The van der Waals surface area contributed by atoms with Crippen LogP contribution in [-0.2, 0) is 14.2 Å². The number of hydrogen-bond donors (Lipinski definition) is 2. The van der Waals surface area contributed by atoms with Gasteiger partial charge in [0.1, 0.15) is 19.6 Å². The quantitative estimate of drug-likeness (QED) is 0.338. The summed E-state index contributed by atoms with van der Waals surface area (Å²) in [6, 6.07) is 0. The van der Waals surface area contributed by atoms with Crippen LogP contribution < -0.4 is 5.73 Å². The molecule has 0 aromatic rings. The van der Waals surface area contributed by atoms with Crippen LogP contribution in [-0.4, -0.2) is 70.8 Å². The zero-order chi connectivity index (χ0) is 12.3. The van der Waals surface area contributed by atoms with E-state index in [-0.39, 0.29) is 18.0 Å². The third kappa shape index (κ3) is 2.02. The summed E-state index contributed by atoms with van der Waals surface area (Å²) < 4.78 is 16.2. The van der Waals surface area contributed by atoms with E-state index >= 15 is 0 Å². The number of hydrogen-bond acceptors (Lipinski definition) is 4. The summed E-state index contributed by atoms with van der Waals surface area (Å²) in [5.74, 6) is 0.0298. The minimum Gasteiger partial charge on any atom is -0.382 e. The summed E-state index contributed by atoms with van der Waals surface area (Å²) in [6.45, 7) is 0.919. The molecule has 3 N–H and O–H groups in total. The number of ether oxygens (including phenoxy) is 3. The molecule has 2 unspecified atom stereocenters. The highest BCUT2D eigenvalue weighted by Crippen LogP contribution is 2.31. The number of likely N-dealkylation sites (tertiary alicyclic amines) is 1. The molecule has 0 aliphatic carbocycles. The van der Waals surface area contributed by atoms with Crippen molar-refractivity contribution in [2.45, 2.75) is 17.6 Å². The Labute approximate surface area is 96.9 Å². The Balaban J connectivity index is 2.96. The van der Waals surface area contributed by atoms with Crippen LogP contribution in [0.4, 0.5) is 0 Å².